The Kier molecular flexibility index (Phi) is 6.83. The lowest BCUT2D eigenvalue weighted by atomic mass is 9.98. The van der Waals surface area contributed by atoms with Crippen molar-refractivity contribution in [3.8, 4) is 11.1 Å². The summed E-state index contributed by atoms with van der Waals surface area (Å²) < 4.78 is 5.52. The number of aromatic nitrogens is 2. The molecule has 1 aliphatic carbocycles. The number of hydrogen-bond donors (Lipinski definition) is 5. The molecule has 2 aromatic carbocycles. The normalized spacial score (nSPS) is 14.8. The van der Waals surface area contributed by atoms with Crippen LogP contribution in [-0.4, -0.2) is 62.9 Å². The van der Waals surface area contributed by atoms with E-state index in [9.17, 15) is 24.6 Å². The fourth-order valence-corrected chi connectivity index (χ4v) is 4.13. The maximum Gasteiger partial charge on any atom is 0.407 e. The predicted octanol–water partition coefficient (Wildman–Crippen LogP) is 1.81. The molecule has 35 heavy (non-hydrogen) atoms. The minimum atomic E-state index is -1.91. The van der Waals surface area contributed by atoms with Gasteiger partial charge in [-0.15, -0.1) is 0 Å². The summed E-state index contributed by atoms with van der Waals surface area (Å²) in [6.45, 7) is 0.408. The lowest BCUT2D eigenvalue weighted by molar-refractivity contribution is -0.149. The van der Waals surface area contributed by atoms with Crippen molar-refractivity contribution < 1.29 is 29.3 Å². The van der Waals surface area contributed by atoms with Crippen LogP contribution in [-0.2, 0) is 20.7 Å². The Morgan fingerprint density at radius 1 is 1.11 bits per heavy atom. The summed E-state index contributed by atoms with van der Waals surface area (Å²) >= 11 is 0. The number of nitrogens with zero attached hydrogens (tertiary/aromatic N) is 1. The topological polar surface area (TPSA) is 154 Å². The predicted molar refractivity (Wildman–Crippen MR) is 126 cm³/mol. The van der Waals surface area contributed by atoms with Crippen molar-refractivity contribution >= 4 is 18.0 Å². The highest BCUT2D eigenvalue weighted by Crippen LogP contribution is 2.44. The van der Waals surface area contributed by atoms with Gasteiger partial charge < -0.3 is 30.6 Å². The molecule has 0 saturated carbocycles. The number of carboxylic acids is 1. The van der Waals surface area contributed by atoms with Crippen LogP contribution in [0.3, 0.4) is 0 Å². The number of amides is 2. The maximum absolute atomic E-state index is 12.9. The number of benzene rings is 2. The van der Waals surface area contributed by atoms with E-state index in [1.807, 2.05) is 48.5 Å². The van der Waals surface area contributed by atoms with Crippen LogP contribution in [0.1, 0.15) is 29.7 Å². The molecular weight excluding hydrogens is 452 g/mol. The average molecular weight is 479 g/mol. The van der Waals surface area contributed by atoms with Gasteiger partial charge in [0.05, 0.1) is 12.9 Å². The fourth-order valence-electron chi connectivity index (χ4n) is 4.13. The Balaban J connectivity index is 1.47. The summed E-state index contributed by atoms with van der Waals surface area (Å²) in [5.41, 5.74) is 2.91. The van der Waals surface area contributed by atoms with Gasteiger partial charge in [0.1, 0.15) is 12.6 Å². The Labute approximate surface area is 201 Å². The number of aliphatic hydroxyl groups is 1. The van der Waals surface area contributed by atoms with Crippen molar-refractivity contribution in [2.45, 2.75) is 30.8 Å². The molecule has 0 aliphatic heterocycles. The lowest BCUT2D eigenvalue weighted by Crippen LogP contribution is -2.60. The zero-order chi connectivity index (χ0) is 25.0. The monoisotopic (exact) mass is 478 g/mol. The minimum Gasteiger partial charge on any atom is -0.479 e. The van der Waals surface area contributed by atoms with Gasteiger partial charge in [-0.2, -0.15) is 0 Å². The first kappa shape index (κ1) is 24.0. The first-order valence-corrected chi connectivity index (χ1v) is 11.1. The molecular formula is C25H26N4O6. The van der Waals surface area contributed by atoms with Gasteiger partial charge in [-0.05, 0) is 29.2 Å². The number of fused-ring (bicyclic) bond motifs is 3. The minimum absolute atomic E-state index is 0.0111. The van der Waals surface area contributed by atoms with Crippen molar-refractivity contribution in [1.29, 1.82) is 0 Å². The third kappa shape index (κ3) is 5.02. The van der Waals surface area contributed by atoms with Crippen LogP contribution < -0.4 is 10.6 Å². The fraction of sp³-hybridized carbons (Fsp3) is 0.280. The van der Waals surface area contributed by atoms with Gasteiger partial charge in [-0.3, -0.25) is 4.79 Å². The van der Waals surface area contributed by atoms with Gasteiger partial charge in [-0.25, -0.2) is 14.6 Å². The van der Waals surface area contributed by atoms with Crippen molar-refractivity contribution in [1.82, 2.24) is 20.6 Å². The van der Waals surface area contributed by atoms with E-state index in [4.69, 9.17) is 4.74 Å². The largest absolute Gasteiger partial charge is 0.479 e. The molecule has 0 fully saturated rings. The van der Waals surface area contributed by atoms with E-state index in [0.717, 1.165) is 22.3 Å². The first-order chi connectivity index (χ1) is 16.8. The van der Waals surface area contributed by atoms with E-state index in [0.29, 0.717) is 5.69 Å². The number of carboxylic acid groups (broad SMARTS) is 1. The number of ether oxygens (including phenoxy) is 1. The maximum atomic E-state index is 12.9. The summed E-state index contributed by atoms with van der Waals surface area (Å²) in [5, 5.41) is 23.6. The van der Waals surface area contributed by atoms with Crippen molar-refractivity contribution in [3.05, 3.63) is 77.9 Å². The van der Waals surface area contributed by atoms with Gasteiger partial charge in [0.15, 0.2) is 5.54 Å². The number of hydrogen-bond acceptors (Lipinski definition) is 6. The Hall–Kier alpha value is -4.18. The number of alkyl carbamates (subject to hydrolysis) is 1. The molecule has 3 aromatic rings. The molecule has 0 saturated heterocycles. The second-order valence-electron chi connectivity index (χ2n) is 8.59. The molecule has 182 valence electrons. The van der Waals surface area contributed by atoms with Crippen LogP contribution in [0.5, 0.6) is 0 Å². The quantitative estimate of drug-likeness (QED) is 0.314. The van der Waals surface area contributed by atoms with Crippen molar-refractivity contribution in [3.63, 3.8) is 0 Å². The molecule has 4 rings (SSSR count). The molecule has 2 amide bonds. The van der Waals surface area contributed by atoms with Crippen LogP contribution in [0, 0.1) is 0 Å². The zero-order valence-electron chi connectivity index (χ0n) is 19.0. The van der Waals surface area contributed by atoms with Crippen LogP contribution in [0.4, 0.5) is 4.79 Å². The molecule has 1 aromatic heterocycles. The Bertz CT molecular complexity index is 1180. The van der Waals surface area contributed by atoms with Gasteiger partial charge in [0, 0.05) is 24.2 Å². The van der Waals surface area contributed by atoms with E-state index in [-0.39, 0.29) is 18.9 Å². The molecule has 10 heteroatoms. The van der Waals surface area contributed by atoms with E-state index >= 15 is 0 Å². The Morgan fingerprint density at radius 2 is 1.74 bits per heavy atom. The number of aromatic amines is 1. The summed E-state index contributed by atoms with van der Waals surface area (Å²) in [7, 11) is 0. The number of H-pyrrole nitrogens is 1. The van der Waals surface area contributed by atoms with Crippen molar-refractivity contribution in [2.24, 2.45) is 0 Å². The Morgan fingerprint density at radius 3 is 2.29 bits per heavy atom. The number of aliphatic carboxylic acids is 1. The van der Waals surface area contributed by atoms with Crippen LogP contribution in [0.15, 0.2) is 61.1 Å². The van der Waals surface area contributed by atoms with Gasteiger partial charge in [0.2, 0.25) is 5.91 Å². The number of nitrogens with one attached hydrogen (secondary N) is 3. The number of rotatable bonds is 9. The smallest absolute Gasteiger partial charge is 0.407 e. The molecule has 0 spiro atoms. The standard InChI is InChI=1S/C25H26N4O6/c1-25(13-30,23(32)33)29-22(31)21(10-15-11-26-14-27-15)28-24(34)35-12-20-18-8-4-2-6-16(18)17-7-3-5-9-19(17)20/h2-9,11,14,20-21,30H,10,12-13H2,1H3,(H,26,27)(H,28,34)(H,29,31)(H,32,33). The summed E-state index contributed by atoms with van der Waals surface area (Å²) in [6.07, 6.45) is 2.10. The highest BCUT2D eigenvalue weighted by molar-refractivity contribution is 5.91. The summed E-state index contributed by atoms with van der Waals surface area (Å²) in [5.74, 6) is -2.35. The van der Waals surface area contributed by atoms with E-state index < -0.39 is 36.2 Å². The lowest BCUT2D eigenvalue weighted by Gasteiger charge is -2.27. The third-order valence-corrected chi connectivity index (χ3v) is 6.12. The van der Waals surface area contributed by atoms with Gasteiger partial charge in [-0.1, -0.05) is 48.5 Å². The highest BCUT2D eigenvalue weighted by Gasteiger charge is 2.37. The highest BCUT2D eigenvalue weighted by atomic mass is 16.5. The van der Waals surface area contributed by atoms with Gasteiger partial charge in [0.25, 0.3) is 0 Å². The second kappa shape index (κ2) is 9.98. The molecule has 2 atom stereocenters. The van der Waals surface area contributed by atoms with Crippen LogP contribution in [0.2, 0.25) is 0 Å². The first-order valence-electron chi connectivity index (χ1n) is 11.1. The van der Waals surface area contributed by atoms with Gasteiger partial charge >= 0.3 is 12.1 Å². The molecule has 10 nitrogen and oxygen atoms in total. The second-order valence-corrected chi connectivity index (χ2v) is 8.59. The third-order valence-electron chi connectivity index (χ3n) is 6.12. The van der Waals surface area contributed by atoms with E-state index in [2.05, 4.69) is 20.6 Å². The number of carbonyl (C=O) groups excluding carboxylic acids is 2. The zero-order valence-corrected chi connectivity index (χ0v) is 19.0. The van der Waals surface area contributed by atoms with Crippen molar-refractivity contribution in [2.75, 3.05) is 13.2 Å². The molecule has 0 radical (unpaired) electrons. The van der Waals surface area contributed by atoms with E-state index in [1.54, 1.807) is 0 Å². The molecule has 1 aliphatic rings. The molecule has 1 heterocycles. The SMILES string of the molecule is CC(CO)(NC(=O)C(Cc1cnc[nH]1)NC(=O)OCC1c2ccccc2-c2ccccc21)C(=O)O. The summed E-state index contributed by atoms with van der Waals surface area (Å²) in [4.78, 5) is 43.9. The number of imidazole rings is 1. The summed E-state index contributed by atoms with van der Waals surface area (Å²) in [6, 6.07) is 14.7. The number of aliphatic hydroxyl groups excluding tert-OH is 1. The van der Waals surface area contributed by atoms with Crippen LogP contribution >= 0.6 is 0 Å². The molecule has 2 unspecified atom stereocenters. The number of carbonyl (C=O) groups is 3. The average Bonchev–Trinajstić information content (AvgIpc) is 3.48. The molecule has 0 bridgehead atoms. The molecule has 5 N–H and O–H groups in total. The van der Waals surface area contributed by atoms with E-state index in [1.165, 1.54) is 19.4 Å². The van der Waals surface area contributed by atoms with Crippen LogP contribution in [0.25, 0.3) is 11.1 Å².